The molecule has 0 aliphatic rings. The Bertz CT molecular complexity index is 710. The summed E-state index contributed by atoms with van der Waals surface area (Å²) in [6, 6.07) is 4.49. The van der Waals surface area contributed by atoms with E-state index in [1.165, 1.54) is 16.7 Å². The van der Waals surface area contributed by atoms with Gasteiger partial charge in [0.1, 0.15) is 5.75 Å². The predicted octanol–water partition coefficient (Wildman–Crippen LogP) is 3.71. The van der Waals surface area contributed by atoms with Crippen molar-refractivity contribution in [2.24, 2.45) is 0 Å². The number of rotatable bonds is 5. The van der Waals surface area contributed by atoms with Crippen LogP contribution in [0.15, 0.2) is 30.6 Å². The normalized spacial score (nSPS) is 12.8. The van der Waals surface area contributed by atoms with Gasteiger partial charge in [-0.3, -0.25) is 0 Å². The number of alkyl halides is 3. The van der Waals surface area contributed by atoms with Crippen LogP contribution in [0.4, 0.5) is 17.6 Å². The molecule has 1 atom stereocenters. The number of hydrogen-bond acceptors (Lipinski definition) is 4. The minimum absolute atomic E-state index is 0.0707. The summed E-state index contributed by atoms with van der Waals surface area (Å²) in [5, 5.41) is 0. The fourth-order valence-electron chi connectivity index (χ4n) is 2.13. The minimum Gasteiger partial charge on any atom is -0.461 e. The second-order valence-electron chi connectivity index (χ2n) is 4.80. The summed E-state index contributed by atoms with van der Waals surface area (Å²) in [6.45, 7) is 3.30. The van der Waals surface area contributed by atoms with Gasteiger partial charge in [0.15, 0.2) is 5.69 Å². The minimum atomic E-state index is -4.78. The molecule has 0 fully saturated rings. The number of aromatic nitrogens is 2. The van der Waals surface area contributed by atoms with E-state index in [0.29, 0.717) is 5.56 Å². The van der Waals surface area contributed by atoms with Crippen molar-refractivity contribution >= 4 is 5.97 Å². The Morgan fingerprint density at radius 2 is 1.92 bits per heavy atom. The van der Waals surface area contributed by atoms with Gasteiger partial charge in [-0.1, -0.05) is 12.1 Å². The van der Waals surface area contributed by atoms with Gasteiger partial charge in [0, 0.05) is 0 Å². The van der Waals surface area contributed by atoms with Gasteiger partial charge in [0.05, 0.1) is 19.0 Å². The van der Waals surface area contributed by atoms with Crippen molar-refractivity contribution in [1.82, 2.24) is 9.55 Å². The van der Waals surface area contributed by atoms with Crippen molar-refractivity contribution in [3.05, 3.63) is 47.8 Å². The van der Waals surface area contributed by atoms with E-state index in [2.05, 4.69) is 9.72 Å². The number of esters is 1. The summed E-state index contributed by atoms with van der Waals surface area (Å²) in [6.07, 6.45) is -3.65. The molecule has 2 rings (SSSR count). The zero-order valence-corrected chi connectivity index (χ0v) is 12.8. The van der Waals surface area contributed by atoms with Gasteiger partial charge in [-0.15, -0.1) is 13.2 Å². The molecular weight excluding hydrogens is 332 g/mol. The molecule has 24 heavy (non-hydrogen) atoms. The molecule has 0 N–H and O–H groups in total. The van der Waals surface area contributed by atoms with E-state index in [1.807, 2.05) is 0 Å². The van der Waals surface area contributed by atoms with Crippen LogP contribution in [0.25, 0.3) is 0 Å². The maximum absolute atomic E-state index is 13.7. The van der Waals surface area contributed by atoms with Crippen molar-refractivity contribution < 1.29 is 31.8 Å². The van der Waals surface area contributed by atoms with Crippen molar-refractivity contribution in [3.8, 4) is 5.75 Å². The molecule has 0 radical (unpaired) electrons. The van der Waals surface area contributed by atoms with Crippen molar-refractivity contribution in [1.29, 1.82) is 0 Å². The summed E-state index contributed by atoms with van der Waals surface area (Å²) in [7, 11) is 0. The number of ether oxygens (including phenoxy) is 2. The molecule has 1 aromatic heterocycles. The van der Waals surface area contributed by atoms with Gasteiger partial charge >= 0.3 is 12.3 Å². The molecule has 0 aliphatic heterocycles. The van der Waals surface area contributed by atoms with E-state index in [9.17, 15) is 22.4 Å². The Balaban J connectivity index is 2.26. The first-order valence-electron chi connectivity index (χ1n) is 6.98. The topological polar surface area (TPSA) is 53.3 Å². The number of halogens is 4. The lowest BCUT2D eigenvalue weighted by molar-refractivity contribution is -0.274. The van der Waals surface area contributed by atoms with Crippen LogP contribution < -0.4 is 4.74 Å². The highest BCUT2D eigenvalue weighted by atomic mass is 19.4. The van der Waals surface area contributed by atoms with Crippen LogP contribution in [-0.2, 0) is 4.74 Å². The molecule has 0 aliphatic carbocycles. The highest BCUT2D eigenvalue weighted by Crippen LogP contribution is 2.26. The zero-order valence-electron chi connectivity index (χ0n) is 12.8. The average Bonchev–Trinajstić information content (AvgIpc) is 2.88. The van der Waals surface area contributed by atoms with Crippen molar-refractivity contribution in [2.45, 2.75) is 26.3 Å². The maximum Gasteiger partial charge on any atom is 0.573 e. The number of carbonyl (C=O) groups is 1. The summed E-state index contributed by atoms with van der Waals surface area (Å²) in [5.41, 5.74) is 0.187. The van der Waals surface area contributed by atoms with Crippen LogP contribution in [0, 0.1) is 5.95 Å². The van der Waals surface area contributed by atoms with Crippen molar-refractivity contribution in [2.75, 3.05) is 6.61 Å². The van der Waals surface area contributed by atoms with Gasteiger partial charge in [-0.25, -0.2) is 9.78 Å². The summed E-state index contributed by atoms with van der Waals surface area (Å²) in [4.78, 5) is 15.3. The average molecular weight is 346 g/mol. The molecule has 1 heterocycles. The molecule has 0 bridgehead atoms. The highest BCUT2D eigenvalue weighted by Gasteiger charge is 2.31. The third-order valence-electron chi connectivity index (χ3n) is 3.23. The molecule has 2 aromatic rings. The van der Waals surface area contributed by atoms with E-state index in [4.69, 9.17) is 4.74 Å². The number of imidazole rings is 1. The second kappa shape index (κ2) is 6.90. The molecular formula is C15H14F4N2O3. The van der Waals surface area contributed by atoms with Gasteiger partial charge in [0.25, 0.3) is 0 Å². The smallest absolute Gasteiger partial charge is 0.461 e. The summed E-state index contributed by atoms with van der Waals surface area (Å²) >= 11 is 0. The zero-order chi connectivity index (χ0) is 17.9. The summed E-state index contributed by atoms with van der Waals surface area (Å²) < 4.78 is 60.0. The molecule has 0 saturated carbocycles. The molecule has 1 unspecified atom stereocenters. The van der Waals surface area contributed by atoms with E-state index >= 15 is 0 Å². The molecule has 5 nitrogen and oxygen atoms in total. The Hall–Kier alpha value is -2.58. The Kier molecular flexibility index (Phi) is 5.10. The Morgan fingerprint density at radius 3 is 2.46 bits per heavy atom. The lowest BCUT2D eigenvalue weighted by atomic mass is 10.1. The van der Waals surface area contributed by atoms with E-state index in [0.717, 1.165) is 18.5 Å². The van der Waals surface area contributed by atoms with Crippen molar-refractivity contribution in [3.63, 3.8) is 0 Å². The van der Waals surface area contributed by atoms with E-state index in [1.54, 1.807) is 13.8 Å². The van der Waals surface area contributed by atoms with Gasteiger partial charge in [0.2, 0.25) is 5.95 Å². The quantitative estimate of drug-likeness (QED) is 0.612. The van der Waals surface area contributed by atoms with Crippen LogP contribution in [0.1, 0.15) is 35.9 Å². The van der Waals surface area contributed by atoms with Gasteiger partial charge in [-0.2, -0.15) is 4.39 Å². The molecule has 0 amide bonds. The Labute approximate surface area is 134 Å². The highest BCUT2D eigenvalue weighted by molar-refractivity contribution is 5.87. The summed E-state index contributed by atoms with van der Waals surface area (Å²) in [5.74, 6) is -2.21. The molecule has 1 aromatic carbocycles. The molecule has 0 spiro atoms. The third-order valence-corrected chi connectivity index (χ3v) is 3.23. The number of benzene rings is 1. The largest absolute Gasteiger partial charge is 0.573 e. The standard InChI is InChI=1S/C15H14F4N2O3/c1-3-23-14(22)12-13(16)20-8-21(12)9(2)10-4-6-11(7-5-10)24-15(17,18)19/h4-9H,3H2,1-2H3. The van der Waals surface area contributed by atoms with E-state index < -0.39 is 24.3 Å². The van der Waals surface area contributed by atoms with Gasteiger partial charge < -0.3 is 14.0 Å². The van der Waals surface area contributed by atoms with Crippen LogP contribution in [0.2, 0.25) is 0 Å². The lowest BCUT2D eigenvalue weighted by Gasteiger charge is -2.17. The van der Waals surface area contributed by atoms with Gasteiger partial charge in [-0.05, 0) is 31.5 Å². The predicted molar refractivity (Wildman–Crippen MR) is 75.1 cm³/mol. The van der Waals surface area contributed by atoms with Crippen LogP contribution in [0.5, 0.6) is 5.75 Å². The number of nitrogens with zero attached hydrogens (tertiary/aromatic N) is 2. The lowest BCUT2D eigenvalue weighted by Crippen LogP contribution is -2.18. The first-order chi connectivity index (χ1) is 11.2. The second-order valence-corrected chi connectivity index (χ2v) is 4.80. The molecule has 9 heteroatoms. The fourth-order valence-corrected chi connectivity index (χ4v) is 2.13. The molecule has 130 valence electrons. The molecule has 0 saturated heterocycles. The monoisotopic (exact) mass is 346 g/mol. The number of hydrogen-bond donors (Lipinski definition) is 0. The third kappa shape index (κ3) is 4.03. The van der Waals surface area contributed by atoms with E-state index in [-0.39, 0.29) is 18.1 Å². The maximum atomic E-state index is 13.7. The first kappa shape index (κ1) is 17.8. The van der Waals surface area contributed by atoms with Crippen LogP contribution in [-0.4, -0.2) is 28.5 Å². The van der Waals surface area contributed by atoms with Crippen LogP contribution >= 0.6 is 0 Å². The van der Waals surface area contributed by atoms with Crippen LogP contribution in [0.3, 0.4) is 0 Å². The Morgan fingerprint density at radius 1 is 1.29 bits per heavy atom. The SMILES string of the molecule is CCOC(=O)c1c(F)ncn1C(C)c1ccc(OC(F)(F)F)cc1. The number of carbonyl (C=O) groups excluding carboxylic acids is 1. The fraction of sp³-hybridized carbons (Fsp3) is 0.333. The first-order valence-corrected chi connectivity index (χ1v) is 6.98.